The summed E-state index contributed by atoms with van der Waals surface area (Å²) in [6.45, 7) is 1.65. The molecule has 0 aliphatic heterocycles. The van der Waals surface area contributed by atoms with Crippen LogP contribution in [0.5, 0.6) is 0 Å². The molecular weight excluding hydrogens is 319 g/mol. The number of hydrogen-bond acceptors (Lipinski definition) is 2. The molecule has 0 aromatic carbocycles. The number of aryl methyl sites for hydroxylation is 1. The first kappa shape index (κ1) is 16.8. The lowest BCUT2D eigenvalue weighted by Crippen LogP contribution is -2.39. The van der Waals surface area contributed by atoms with Crippen molar-refractivity contribution in [2.75, 3.05) is 7.05 Å². The summed E-state index contributed by atoms with van der Waals surface area (Å²) in [6.07, 6.45) is 1.69. The maximum Gasteiger partial charge on any atom is 0.417 e. The van der Waals surface area contributed by atoms with Gasteiger partial charge in [-0.05, 0) is 31.9 Å². The third-order valence-corrected chi connectivity index (χ3v) is 4.77. The molecule has 7 heteroatoms. The number of halogens is 3. The zero-order valence-electron chi connectivity index (χ0n) is 13.7. The van der Waals surface area contributed by atoms with Crippen molar-refractivity contribution in [3.63, 3.8) is 0 Å². The van der Waals surface area contributed by atoms with E-state index in [4.69, 9.17) is 0 Å². The monoisotopic (exact) mass is 339 g/mol. The Morgan fingerprint density at radius 1 is 1.25 bits per heavy atom. The lowest BCUT2D eigenvalue weighted by atomic mass is 9.94. The first-order valence-corrected chi connectivity index (χ1v) is 8.12. The number of carbonyl (C=O) groups is 1. The summed E-state index contributed by atoms with van der Waals surface area (Å²) in [4.78, 5) is 18.8. The summed E-state index contributed by atoms with van der Waals surface area (Å²) in [6, 6.07) is 2.43. The van der Waals surface area contributed by atoms with Crippen molar-refractivity contribution in [3.8, 4) is 0 Å². The van der Waals surface area contributed by atoms with Gasteiger partial charge in [-0.25, -0.2) is 4.98 Å². The number of alkyl halides is 3. The highest BCUT2D eigenvalue weighted by molar-refractivity contribution is 5.94. The fourth-order valence-corrected chi connectivity index (χ4v) is 3.39. The average molecular weight is 339 g/mol. The van der Waals surface area contributed by atoms with Gasteiger partial charge in [0.25, 0.3) is 5.91 Å². The van der Waals surface area contributed by atoms with Gasteiger partial charge in [-0.3, -0.25) is 9.20 Å². The van der Waals surface area contributed by atoms with Crippen molar-refractivity contribution in [2.24, 2.45) is 0 Å². The molecule has 1 saturated carbocycles. The lowest BCUT2D eigenvalue weighted by molar-refractivity contribution is -0.137. The summed E-state index contributed by atoms with van der Waals surface area (Å²) in [5.41, 5.74) is 0.217. The average Bonchev–Trinajstić information content (AvgIpc) is 2.88. The Kier molecular flexibility index (Phi) is 4.27. The molecule has 1 aliphatic carbocycles. The van der Waals surface area contributed by atoms with Crippen LogP contribution in [0.3, 0.4) is 0 Å². The molecule has 3 rings (SSSR count). The fourth-order valence-electron chi connectivity index (χ4n) is 3.39. The molecule has 2 aromatic rings. The zero-order chi connectivity index (χ0) is 17.5. The number of imidazole rings is 1. The molecule has 24 heavy (non-hydrogen) atoms. The van der Waals surface area contributed by atoms with E-state index in [0.29, 0.717) is 11.3 Å². The quantitative estimate of drug-likeness (QED) is 0.827. The van der Waals surface area contributed by atoms with E-state index in [2.05, 4.69) is 4.98 Å². The van der Waals surface area contributed by atoms with E-state index in [1.54, 1.807) is 18.9 Å². The second kappa shape index (κ2) is 6.11. The molecular formula is C17H20F3N3O. The molecule has 130 valence electrons. The molecule has 0 saturated heterocycles. The SMILES string of the molecule is Cc1nc2ccc(C(F)(F)F)cn2c1C(=O)N(C)C1CCCCC1. The van der Waals surface area contributed by atoms with E-state index in [9.17, 15) is 18.0 Å². The third-order valence-electron chi connectivity index (χ3n) is 4.77. The fraction of sp³-hybridized carbons (Fsp3) is 0.529. The standard InChI is InChI=1S/C17H20F3N3O/c1-11-15(16(24)22(2)13-6-4-3-5-7-13)23-10-12(17(18,19)20)8-9-14(23)21-11/h8-10,13H,3-7H2,1-2H3. The molecule has 0 spiro atoms. The minimum Gasteiger partial charge on any atom is -0.337 e. The Hall–Kier alpha value is -2.05. The van der Waals surface area contributed by atoms with Gasteiger partial charge in [-0.1, -0.05) is 19.3 Å². The van der Waals surface area contributed by atoms with Gasteiger partial charge in [-0.2, -0.15) is 13.2 Å². The van der Waals surface area contributed by atoms with Crippen molar-refractivity contribution in [2.45, 2.75) is 51.2 Å². The summed E-state index contributed by atoms with van der Waals surface area (Å²) in [5.74, 6) is -0.272. The van der Waals surface area contributed by atoms with E-state index in [1.807, 2.05) is 0 Å². The lowest BCUT2D eigenvalue weighted by Gasteiger charge is -2.31. The Labute approximate surface area is 138 Å². The molecule has 1 fully saturated rings. The van der Waals surface area contributed by atoms with E-state index in [1.165, 1.54) is 16.9 Å². The number of fused-ring (bicyclic) bond motifs is 1. The highest BCUT2D eigenvalue weighted by atomic mass is 19.4. The van der Waals surface area contributed by atoms with Crippen LogP contribution >= 0.6 is 0 Å². The maximum atomic E-state index is 13.0. The molecule has 4 nitrogen and oxygen atoms in total. The van der Waals surface area contributed by atoms with Gasteiger partial charge >= 0.3 is 6.18 Å². The Morgan fingerprint density at radius 2 is 1.92 bits per heavy atom. The number of rotatable bonds is 2. The van der Waals surface area contributed by atoms with Crippen LogP contribution < -0.4 is 0 Å². The molecule has 1 aliphatic rings. The molecule has 0 atom stereocenters. The van der Waals surface area contributed by atoms with Crippen molar-refractivity contribution in [1.82, 2.24) is 14.3 Å². The number of amides is 1. The minimum atomic E-state index is -4.46. The normalized spacial score (nSPS) is 16.5. The van der Waals surface area contributed by atoms with Gasteiger partial charge in [0, 0.05) is 19.3 Å². The van der Waals surface area contributed by atoms with Gasteiger partial charge in [0.05, 0.1) is 11.3 Å². The molecule has 0 unspecified atom stereocenters. The molecule has 1 amide bonds. The second-order valence-corrected chi connectivity index (χ2v) is 6.40. The largest absolute Gasteiger partial charge is 0.417 e. The summed E-state index contributed by atoms with van der Waals surface area (Å²) >= 11 is 0. The van der Waals surface area contributed by atoms with Crippen LogP contribution in [0.15, 0.2) is 18.3 Å². The van der Waals surface area contributed by atoms with Crippen LogP contribution in [0, 0.1) is 6.92 Å². The zero-order valence-corrected chi connectivity index (χ0v) is 13.7. The van der Waals surface area contributed by atoms with Gasteiger partial charge < -0.3 is 4.90 Å². The van der Waals surface area contributed by atoms with Crippen LogP contribution in [-0.2, 0) is 6.18 Å². The number of aromatic nitrogens is 2. The molecule has 0 N–H and O–H groups in total. The van der Waals surface area contributed by atoms with Crippen LogP contribution in [0.25, 0.3) is 5.65 Å². The predicted molar refractivity (Wildman–Crippen MR) is 83.9 cm³/mol. The number of carbonyl (C=O) groups excluding carboxylic acids is 1. The van der Waals surface area contributed by atoms with E-state index in [-0.39, 0.29) is 17.6 Å². The Morgan fingerprint density at radius 3 is 2.54 bits per heavy atom. The first-order chi connectivity index (χ1) is 11.3. The summed E-state index contributed by atoms with van der Waals surface area (Å²) in [7, 11) is 1.73. The number of nitrogens with zero attached hydrogens (tertiary/aromatic N) is 3. The van der Waals surface area contributed by atoms with Gasteiger partial charge in [0.2, 0.25) is 0 Å². The van der Waals surface area contributed by atoms with Crippen molar-refractivity contribution in [3.05, 3.63) is 35.3 Å². The van der Waals surface area contributed by atoms with Crippen molar-refractivity contribution >= 4 is 11.6 Å². The van der Waals surface area contributed by atoms with Crippen LogP contribution in [-0.4, -0.2) is 33.3 Å². The van der Waals surface area contributed by atoms with Crippen LogP contribution in [0.2, 0.25) is 0 Å². The van der Waals surface area contributed by atoms with Gasteiger partial charge in [-0.15, -0.1) is 0 Å². The highest BCUT2D eigenvalue weighted by Gasteiger charge is 2.32. The van der Waals surface area contributed by atoms with E-state index in [0.717, 1.165) is 37.9 Å². The minimum absolute atomic E-state index is 0.141. The van der Waals surface area contributed by atoms with Gasteiger partial charge in [0.1, 0.15) is 11.3 Å². The van der Waals surface area contributed by atoms with Crippen molar-refractivity contribution < 1.29 is 18.0 Å². The highest BCUT2D eigenvalue weighted by Crippen LogP contribution is 2.30. The maximum absolute atomic E-state index is 13.0. The summed E-state index contributed by atoms with van der Waals surface area (Å²) in [5, 5.41) is 0. The number of pyridine rings is 1. The summed E-state index contributed by atoms with van der Waals surface area (Å²) < 4.78 is 40.2. The molecule has 0 bridgehead atoms. The first-order valence-electron chi connectivity index (χ1n) is 8.12. The predicted octanol–water partition coefficient (Wildman–Crippen LogP) is 4.07. The van der Waals surface area contributed by atoms with Crippen LogP contribution in [0.4, 0.5) is 13.2 Å². The van der Waals surface area contributed by atoms with E-state index >= 15 is 0 Å². The Bertz CT molecular complexity index is 760. The topological polar surface area (TPSA) is 37.6 Å². The van der Waals surface area contributed by atoms with E-state index < -0.39 is 11.7 Å². The second-order valence-electron chi connectivity index (χ2n) is 6.40. The van der Waals surface area contributed by atoms with Crippen LogP contribution in [0.1, 0.15) is 53.8 Å². The van der Waals surface area contributed by atoms with Crippen molar-refractivity contribution in [1.29, 1.82) is 0 Å². The number of hydrogen-bond donors (Lipinski definition) is 0. The molecule has 2 heterocycles. The third kappa shape index (κ3) is 2.99. The molecule has 0 radical (unpaired) electrons. The van der Waals surface area contributed by atoms with Gasteiger partial charge in [0.15, 0.2) is 0 Å². The Balaban J connectivity index is 2.01. The molecule has 2 aromatic heterocycles. The smallest absolute Gasteiger partial charge is 0.337 e.